The number of hydrogen-bond donors (Lipinski definition) is 1. The normalized spacial score (nSPS) is 12.8. The van der Waals surface area contributed by atoms with E-state index in [2.05, 4.69) is 57.0 Å². The number of hydrogen-bond acceptors (Lipinski definition) is 2. The summed E-state index contributed by atoms with van der Waals surface area (Å²) in [4.78, 5) is 2.44. The Morgan fingerprint density at radius 1 is 1.20 bits per heavy atom. The molecular weight excluding hydrogens is 268 g/mol. The summed E-state index contributed by atoms with van der Waals surface area (Å²) in [6.07, 6.45) is 1.14. The van der Waals surface area contributed by atoms with E-state index in [0.29, 0.717) is 12.0 Å². The summed E-state index contributed by atoms with van der Waals surface area (Å²) in [5, 5.41) is 4.37. The molecule has 0 spiro atoms. The fourth-order valence-corrected chi connectivity index (χ4v) is 2.65. The molecule has 1 unspecified atom stereocenters. The fraction of sp³-hybridized carbons (Fsp3) is 0.647. The Morgan fingerprint density at radius 2 is 1.90 bits per heavy atom. The molecule has 0 radical (unpaired) electrons. The Labute approximate surface area is 129 Å². The van der Waals surface area contributed by atoms with Gasteiger partial charge in [-0.25, -0.2) is 0 Å². The number of anilines is 1. The Bertz CT molecular complexity index is 404. The van der Waals surface area contributed by atoms with E-state index in [1.165, 1.54) is 11.3 Å². The SMILES string of the molecule is CCC(C)N(CC)c1cccc(Cl)c1CNCC(C)C. The van der Waals surface area contributed by atoms with Crippen molar-refractivity contribution in [1.82, 2.24) is 5.32 Å². The molecule has 1 rings (SSSR count). The first kappa shape index (κ1) is 17.3. The van der Waals surface area contributed by atoms with Crippen LogP contribution < -0.4 is 10.2 Å². The lowest BCUT2D eigenvalue weighted by molar-refractivity contribution is 0.550. The minimum Gasteiger partial charge on any atom is -0.369 e. The number of nitrogens with zero attached hydrogens (tertiary/aromatic N) is 1. The molecule has 0 amide bonds. The van der Waals surface area contributed by atoms with Gasteiger partial charge in [0.25, 0.3) is 0 Å². The molecule has 1 atom stereocenters. The van der Waals surface area contributed by atoms with Gasteiger partial charge >= 0.3 is 0 Å². The molecule has 0 aliphatic rings. The van der Waals surface area contributed by atoms with Crippen molar-refractivity contribution in [1.29, 1.82) is 0 Å². The first-order chi connectivity index (χ1) is 9.51. The molecule has 1 aromatic carbocycles. The number of nitrogens with one attached hydrogen (secondary N) is 1. The van der Waals surface area contributed by atoms with Crippen molar-refractivity contribution in [3.8, 4) is 0 Å². The molecule has 0 heterocycles. The molecule has 3 heteroatoms. The van der Waals surface area contributed by atoms with Gasteiger partial charge in [0, 0.05) is 35.4 Å². The van der Waals surface area contributed by atoms with Gasteiger partial charge in [-0.1, -0.05) is 38.4 Å². The van der Waals surface area contributed by atoms with E-state index in [0.717, 1.165) is 31.1 Å². The summed E-state index contributed by atoms with van der Waals surface area (Å²) < 4.78 is 0. The van der Waals surface area contributed by atoms with Crippen LogP contribution in [0.2, 0.25) is 5.02 Å². The number of halogens is 1. The Balaban J connectivity index is 2.97. The van der Waals surface area contributed by atoms with Gasteiger partial charge < -0.3 is 10.2 Å². The third kappa shape index (κ3) is 4.68. The first-order valence-corrected chi connectivity index (χ1v) is 8.13. The second-order valence-corrected chi connectivity index (χ2v) is 6.21. The predicted molar refractivity (Wildman–Crippen MR) is 90.8 cm³/mol. The van der Waals surface area contributed by atoms with Crippen molar-refractivity contribution in [2.45, 2.75) is 53.6 Å². The quantitative estimate of drug-likeness (QED) is 0.747. The third-order valence-electron chi connectivity index (χ3n) is 3.72. The van der Waals surface area contributed by atoms with E-state index in [1.807, 2.05) is 6.07 Å². The van der Waals surface area contributed by atoms with Gasteiger partial charge in [-0.15, -0.1) is 0 Å². The molecule has 0 saturated carbocycles. The highest BCUT2D eigenvalue weighted by Gasteiger charge is 2.16. The van der Waals surface area contributed by atoms with Crippen LogP contribution in [-0.4, -0.2) is 19.1 Å². The molecule has 1 N–H and O–H groups in total. The van der Waals surface area contributed by atoms with Crippen molar-refractivity contribution in [3.63, 3.8) is 0 Å². The molecule has 0 bridgehead atoms. The second kappa shape index (κ2) is 8.53. The third-order valence-corrected chi connectivity index (χ3v) is 4.08. The highest BCUT2D eigenvalue weighted by molar-refractivity contribution is 6.31. The highest BCUT2D eigenvalue weighted by atomic mass is 35.5. The van der Waals surface area contributed by atoms with Crippen LogP contribution in [0.5, 0.6) is 0 Å². The van der Waals surface area contributed by atoms with Gasteiger partial charge in [0.2, 0.25) is 0 Å². The lowest BCUT2D eigenvalue weighted by Crippen LogP contribution is -2.33. The summed E-state index contributed by atoms with van der Waals surface area (Å²) in [5.74, 6) is 0.651. The van der Waals surface area contributed by atoms with Gasteiger partial charge in [-0.3, -0.25) is 0 Å². The van der Waals surface area contributed by atoms with Crippen LogP contribution in [0.25, 0.3) is 0 Å². The highest BCUT2D eigenvalue weighted by Crippen LogP contribution is 2.29. The molecule has 0 fully saturated rings. The summed E-state index contributed by atoms with van der Waals surface area (Å²) in [6, 6.07) is 6.76. The average Bonchev–Trinajstić information content (AvgIpc) is 2.41. The van der Waals surface area contributed by atoms with Crippen LogP contribution in [0.15, 0.2) is 18.2 Å². The molecule has 0 aliphatic carbocycles. The average molecular weight is 297 g/mol. The van der Waals surface area contributed by atoms with Crippen LogP contribution in [0.3, 0.4) is 0 Å². The van der Waals surface area contributed by atoms with Crippen molar-refractivity contribution in [2.75, 3.05) is 18.0 Å². The molecular formula is C17H29ClN2. The molecule has 1 aromatic rings. The Morgan fingerprint density at radius 3 is 2.45 bits per heavy atom. The van der Waals surface area contributed by atoms with Gasteiger partial charge in [0.05, 0.1) is 0 Å². The van der Waals surface area contributed by atoms with Gasteiger partial charge in [-0.05, 0) is 44.9 Å². The molecule has 0 aromatic heterocycles. The maximum atomic E-state index is 6.43. The Hall–Kier alpha value is -0.730. The molecule has 0 aliphatic heterocycles. The van der Waals surface area contributed by atoms with Gasteiger partial charge in [0.1, 0.15) is 0 Å². The zero-order valence-corrected chi connectivity index (χ0v) is 14.3. The maximum absolute atomic E-state index is 6.43. The van der Waals surface area contributed by atoms with Crippen LogP contribution >= 0.6 is 11.6 Å². The smallest absolute Gasteiger partial charge is 0.0471 e. The lowest BCUT2D eigenvalue weighted by atomic mass is 10.1. The van der Waals surface area contributed by atoms with E-state index in [-0.39, 0.29) is 0 Å². The van der Waals surface area contributed by atoms with Crippen molar-refractivity contribution in [2.24, 2.45) is 5.92 Å². The summed E-state index contributed by atoms with van der Waals surface area (Å²) in [5.41, 5.74) is 2.49. The Kier molecular flexibility index (Phi) is 7.39. The monoisotopic (exact) mass is 296 g/mol. The van der Waals surface area contributed by atoms with Gasteiger partial charge in [-0.2, -0.15) is 0 Å². The predicted octanol–water partition coefficient (Wildman–Crippen LogP) is 4.71. The zero-order chi connectivity index (χ0) is 15.1. The van der Waals surface area contributed by atoms with E-state index < -0.39 is 0 Å². The van der Waals surface area contributed by atoms with Crippen LogP contribution in [0.1, 0.15) is 46.6 Å². The summed E-state index contributed by atoms with van der Waals surface area (Å²) in [6.45, 7) is 14.0. The topological polar surface area (TPSA) is 15.3 Å². The lowest BCUT2D eigenvalue weighted by Gasteiger charge is -2.32. The van der Waals surface area contributed by atoms with E-state index in [9.17, 15) is 0 Å². The largest absolute Gasteiger partial charge is 0.369 e. The van der Waals surface area contributed by atoms with E-state index >= 15 is 0 Å². The second-order valence-electron chi connectivity index (χ2n) is 5.81. The molecule has 114 valence electrons. The van der Waals surface area contributed by atoms with Crippen molar-refractivity contribution < 1.29 is 0 Å². The number of rotatable bonds is 8. The van der Waals surface area contributed by atoms with E-state index in [1.54, 1.807) is 0 Å². The molecule has 2 nitrogen and oxygen atoms in total. The van der Waals surface area contributed by atoms with E-state index in [4.69, 9.17) is 11.6 Å². The number of benzene rings is 1. The van der Waals surface area contributed by atoms with Crippen LogP contribution in [0.4, 0.5) is 5.69 Å². The van der Waals surface area contributed by atoms with Crippen molar-refractivity contribution in [3.05, 3.63) is 28.8 Å². The maximum Gasteiger partial charge on any atom is 0.0471 e. The standard InChI is InChI=1S/C17H29ClN2/c1-6-14(5)20(7-2)17-10-8-9-16(18)15(17)12-19-11-13(3)4/h8-10,13-14,19H,6-7,11-12H2,1-5H3. The minimum absolute atomic E-state index is 0.530. The zero-order valence-electron chi connectivity index (χ0n) is 13.5. The van der Waals surface area contributed by atoms with Crippen molar-refractivity contribution >= 4 is 17.3 Å². The minimum atomic E-state index is 0.530. The summed E-state index contributed by atoms with van der Waals surface area (Å²) in [7, 11) is 0. The van der Waals surface area contributed by atoms with Crippen LogP contribution in [0, 0.1) is 5.92 Å². The molecule has 0 saturated heterocycles. The first-order valence-electron chi connectivity index (χ1n) is 7.75. The molecule has 20 heavy (non-hydrogen) atoms. The summed E-state index contributed by atoms with van der Waals surface area (Å²) >= 11 is 6.43. The fourth-order valence-electron chi connectivity index (χ4n) is 2.42. The van der Waals surface area contributed by atoms with Gasteiger partial charge in [0.15, 0.2) is 0 Å². The van der Waals surface area contributed by atoms with Crippen LogP contribution in [-0.2, 0) is 6.54 Å².